The molecule has 1 N–H and O–H groups in total. The van der Waals surface area contributed by atoms with Crippen molar-refractivity contribution < 1.29 is 13.9 Å². The second-order valence-electron chi connectivity index (χ2n) is 8.16. The average Bonchev–Trinajstić information content (AvgIpc) is 2.98. The number of benzene rings is 2. The van der Waals surface area contributed by atoms with Gasteiger partial charge >= 0.3 is 0 Å². The van der Waals surface area contributed by atoms with Gasteiger partial charge in [-0.15, -0.1) is 0 Å². The number of hydrogen-bond donors (Lipinski definition) is 1. The molecule has 1 aliphatic rings. The monoisotopic (exact) mass is 413 g/mol. The topological polar surface area (TPSA) is 44.8 Å². The molecule has 162 valence electrons. The van der Waals surface area contributed by atoms with E-state index in [-0.39, 0.29) is 23.7 Å². The fraction of sp³-hybridized carbons (Fsp3) is 0.458. The van der Waals surface area contributed by atoms with Gasteiger partial charge in [0.25, 0.3) is 0 Å². The summed E-state index contributed by atoms with van der Waals surface area (Å²) >= 11 is 0. The number of nitrogens with one attached hydrogen (secondary N) is 1. The Morgan fingerprint density at radius 3 is 2.37 bits per heavy atom. The van der Waals surface area contributed by atoms with Crippen LogP contribution in [-0.2, 0) is 4.79 Å². The Morgan fingerprint density at radius 2 is 1.73 bits per heavy atom. The number of nitrogens with zero attached hydrogens (tertiary/aromatic N) is 2. The van der Waals surface area contributed by atoms with Crippen molar-refractivity contribution in [2.75, 3.05) is 44.7 Å². The predicted octanol–water partition coefficient (Wildman–Crippen LogP) is 3.86. The molecule has 0 spiro atoms. The van der Waals surface area contributed by atoms with E-state index in [2.05, 4.69) is 41.1 Å². The van der Waals surface area contributed by atoms with Gasteiger partial charge in [-0.1, -0.05) is 26.0 Å². The first-order valence-electron chi connectivity index (χ1n) is 10.6. The molecule has 1 amide bonds. The number of ether oxygens (including phenoxy) is 1. The summed E-state index contributed by atoms with van der Waals surface area (Å²) in [7, 11) is 1.67. The molecule has 0 bridgehead atoms. The summed E-state index contributed by atoms with van der Waals surface area (Å²) in [6.07, 6.45) is 1.00. The molecular weight excluding hydrogens is 381 g/mol. The van der Waals surface area contributed by atoms with Gasteiger partial charge in [0.2, 0.25) is 5.91 Å². The maximum Gasteiger partial charge on any atom is 0.234 e. The zero-order valence-corrected chi connectivity index (χ0v) is 18.1. The highest BCUT2D eigenvalue weighted by Gasteiger charge is 2.21. The molecule has 30 heavy (non-hydrogen) atoms. The maximum absolute atomic E-state index is 13.2. The number of halogens is 1. The zero-order chi connectivity index (χ0) is 21.5. The van der Waals surface area contributed by atoms with Gasteiger partial charge in [-0.25, -0.2) is 4.39 Å². The molecule has 1 heterocycles. The van der Waals surface area contributed by atoms with Crippen LogP contribution in [0.2, 0.25) is 0 Å². The first-order valence-corrected chi connectivity index (χ1v) is 10.6. The van der Waals surface area contributed by atoms with Gasteiger partial charge < -0.3 is 15.0 Å². The van der Waals surface area contributed by atoms with Crippen molar-refractivity contribution in [2.24, 2.45) is 5.92 Å². The minimum absolute atomic E-state index is 0.0101. The number of methoxy groups -OCH3 is 1. The van der Waals surface area contributed by atoms with E-state index in [1.54, 1.807) is 19.2 Å². The van der Waals surface area contributed by atoms with E-state index in [1.807, 2.05) is 12.1 Å². The van der Waals surface area contributed by atoms with Crippen molar-refractivity contribution in [3.8, 4) is 5.75 Å². The molecule has 1 fully saturated rings. The SMILES string of the molecule is COc1ccc(N2CCCN(CC(=O)NC(c3ccc(F)cc3)C(C)C)CC2)cc1. The average molecular weight is 414 g/mol. The Kier molecular flexibility index (Phi) is 7.69. The van der Waals surface area contributed by atoms with Crippen LogP contribution in [-0.4, -0.2) is 50.6 Å². The van der Waals surface area contributed by atoms with Gasteiger partial charge in [0.05, 0.1) is 19.7 Å². The van der Waals surface area contributed by atoms with Crippen LogP contribution in [0.5, 0.6) is 5.75 Å². The van der Waals surface area contributed by atoms with Crippen LogP contribution in [0.15, 0.2) is 48.5 Å². The van der Waals surface area contributed by atoms with E-state index < -0.39 is 0 Å². The molecule has 0 aromatic heterocycles. The third kappa shape index (κ3) is 5.95. The van der Waals surface area contributed by atoms with Crippen molar-refractivity contribution in [3.05, 3.63) is 59.9 Å². The second kappa shape index (κ2) is 10.4. The lowest BCUT2D eigenvalue weighted by Crippen LogP contribution is -2.41. The first kappa shape index (κ1) is 22.1. The summed E-state index contributed by atoms with van der Waals surface area (Å²) in [5.41, 5.74) is 2.11. The van der Waals surface area contributed by atoms with Gasteiger partial charge in [-0.3, -0.25) is 9.69 Å². The summed E-state index contributed by atoms with van der Waals surface area (Å²) in [5, 5.41) is 3.14. The Balaban J connectivity index is 1.55. The van der Waals surface area contributed by atoms with Gasteiger partial charge in [-0.05, 0) is 54.3 Å². The van der Waals surface area contributed by atoms with Crippen LogP contribution in [0.1, 0.15) is 31.9 Å². The normalized spacial score (nSPS) is 16.2. The number of anilines is 1. The number of amides is 1. The van der Waals surface area contributed by atoms with E-state index in [4.69, 9.17) is 4.74 Å². The van der Waals surface area contributed by atoms with Crippen LogP contribution < -0.4 is 15.0 Å². The van der Waals surface area contributed by atoms with Crippen LogP contribution in [0.3, 0.4) is 0 Å². The summed E-state index contributed by atoms with van der Waals surface area (Å²) < 4.78 is 18.5. The van der Waals surface area contributed by atoms with Crippen molar-refractivity contribution in [3.63, 3.8) is 0 Å². The molecule has 1 aliphatic heterocycles. The van der Waals surface area contributed by atoms with Gasteiger partial charge in [0.1, 0.15) is 11.6 Å². The van der Waals surface area contributed by atoms with Crippen molar-refractivity contribution in [1.29, 1.82) is 0 Å². The molecule has 2 aromatic rings. The van der Waals surface area contributed by atoms with E-state index >= 15 is 0 Å². The lowest BCUT2D eigenvalue weighted by Gasteiger charge is -2.26. The number of carbonyl (C=O) groups excluding carboxylic acids is 1. The first-order chi connectivity index (χ1) is 14.5. The van der Waals surface area contributed by atoms with Crippen LogP contribution in [0, 0.1) is 11.7 Å². The van der Waals surface area contributed by atoms with Crippen molar-refractivity contribution >= 4 is 11.6 Å². The van der Waals surface area contributed by atoms with Crippen LogP contribution in [0.25, 0.3) is 0 Å². The molecular formula is C24H32FN3O2. The quantitative estimate of drug-likeness (QED) is 0.749. The van der Waals surface area contributed by atoms with Crippen molar-refractivity contribution in [2.45, 2.75) is 26.3 Å². The third-order valence-corrected chi connectivity index (χ3v) is 5.61. The van der Waals surface area contributed by atoms with Crippen LogP contribution in [0.4, 0.5) is 10.1 Å². The Hall–Kier alpha value is -2.60. The largest absolute Gasteiger partial charge is 0.497 e. The molecule has 0 saturated carbocycles. The highest BCUT2D eigenvalue weighted by Crippen LogP contribution is 2.23. The minimum atomic E-state index is -0.265. The summed E-state index contributed by atoms with van der Waals surface area (Å²) in [6, 6.07) is 14.4. The summed E-state index contributed by atoms with van der Waals surface area (Å²) in [4.78, 5) is 17.3. The molecule has 0 aliphatic carbocycles. The lowest BCUT2D eigenvalue weighted by atomic mass is 9.96. The summed E-state index contributed by atoms with van der Waals surface area (Å²) in [5.74, 6) is 0.816. The van der Waals surface area contributed by atoms with E-state index in [9.17, 15) is 9.18 Å². The van der Waals surface area contributed by atoms with Crippen LogP contribution >= 0.6 is 0 Å². The van der Waals surface area contributed by atoms with E-state index in [0.717, 1.165) is 43.9 Å². The molecule has 3 rings (SSSR count). The fourth-order valence-electron chi connectivity index (χ4n) is 3.91. The molecule has 0 radical (unpaired) electrons. The zero-order valence-electron chi connectivity index (χ0n) is 18.1. The minimum Gasteiger partial charge on any atom is -0.497 e. The Labute approximate surface area is 178 Å². The predicted molar refractivity (Wildman–Crippen MR) is 118 cm³/mol. The Morgan fingerprint density at radius 1 is 1.03 bits per heavy atom. The number of rotatable bonds is 7. The molecule has 1 unspecified atom stereocenters. The smallest absolute Gasteiger partial charge is 0.234 e. The standard InChI is InChI=1S/C24H32FN3O2/c1-18(2)24(19-5-7-20(25)8-6-19)26-23(29)17-27-13-4-14-28(16-15-27)21-9-11-22(30-3)12-10-21/h5-12,18,24H,4,13-17H2,1-3H3,(H,26,29). The van der Waals surface area contributed by atoms with E-state index in [0.29, 0.717) is 6.54 Å². The Bertz CT molecular complexity index is 808. The van der Waals surface area contributed by atoms with E-state index in [1.165, 1.54) is 17.8 Å². The fourth-order valence-corrected chi connectivity index (χ4v) is 3.91. The molecule has 5 nitrogen and oxygen atoms in total. The lowest BCUT2D eigenvalue weighted by molar-refractivity contribution is -0.123. The molecule has 2 aromatic carbocycles. The van der Waals surface area contributed by atoms with Gasteiger partial charge in [0.15, 0.2) is 0 Å². The molecule has 1 atom stereocenters. The van der Waals surface area contributed by atoms with Crippen molar-refractivity contribution in [1.82, 2.24) is 10.2 Å². The molecule has 6 heteroatoms. The van der Waals surface area contributed by atoms with Gasteiger partial charge in [-0.2, -0.15) is 0 Å². The second-order valence-corrected chi connectivity index (χ2v) is 8.16. The highest BCUT2D eigenvalue weighted by atomic mass is 19.1. The highest BCUT2D eigenvalue weighted by molar-refractivity contribution is 5.78. The van der Waals surface area contributed by atoms with Gasteiger partial charge in [0, 0.05) is 31.9 Å². The molecule has 1 saturated heterocycles. The third-order valence-electron chi connectivity index (χ3n) is 5.61. The number of hydrogen-bond acceptors (Lipinski definition) is 4. The summed E-state index contributed by atoms with van der Waals surface area (Å²) in [6.45, 7) is 8.08. The number of carbonyl (C=O) groups is 1. The maximum atomic E-state index is 13.2.